The number of halogens is 7. The van der Waals surface area contributed by atoms with E-state index >= 15 is 0 Å². The molecule has 3 heterocycles. The van der Waals surface area contributed by atoms with Gasteiger partial charge in [-0.2, -0.15) is 26.3 Å². The lowest BCUT2D eigenvalue weighted by Crippen LogP contribution is -2.51. The first kappa shape index (κ1) is 34.6. The second-order valence-corrected chi connectivity index (χ2v) is 12.2. The number of fused-ring (bicyclic) bond motifs is 1. The molecule has 262 valence electrons. The fourth-order valence-corrected chi connectivity index (χ4v) is 5.37. The van der Waals surface area contributed by atoms with Gasteiger partial charge in [0.1, 0.15) is 40.7 Å². The summed E-state index contributed by atoms with van der Waals surface area (Å²) in [5.41, 5.74) is -2.64. The number of hydrogen-bond acceptors (Lipinski definition) is 7. The lowest BCUT2D eigenvalue weighted by Gasteiger charge is -2.31. The number of aromatic nitrogens is 2. The summed E-state index contributed by atoms with van der Waals surface area (Å²) in [6.07, 6.45) is -8.12. The van der Waals surface area contributed by atoms with E-state index in [4.69, 9.17) is 15.2 Å². The van der Waals surface area contributed by atoms with E-state index in [2.05, 4.69) is 15.3 Å². The molecule has 6 rings (SSSR count). The maximum absolute atomic E-state index is 14.8. The molecule has 4 aromatic rings. The Balaban J connectivity index is 1.38. The number of carbonyl (C=O) groups excluding carboxylic acids is 2. The van der Waals surface area contributed by atoms with Crippen molar-refractivity contribution in [2.75, 3.05) is 13.2 Å². The van der Waals surface area contributed by atoms with Gasteiger partial charge >= 0.3 is 12.4 Å². The predicted molar refractivity (Wildman–Crippen MR) is 162 cm³/mol. The third-order valence-corrected chi connectivity index (χ3v) is 8.55. The molecule has 1 fully saturated rings. The number of hydrogen-bond donors (Lipinski definition) is 3. The molecule has 1 saturated carbocycles. The molecule has 1 aliphatic carbocycles. The predicted octanol–water partition coefficient (Wildman–Crippen LogP) is 5.83. The Morgan fingerprint density at radius 1 is 1.00 bits per heavy atom. The average molecular weight is 705 g/mol. The molecule has 2 aromatic carbocycles. The van der Waals surface area contributed by atoms with Gasteiger partial charge in [0.25, 0.3) is 5.91 Å². The molecule has 50 heavy (non-hydrogen) atoms. The lowest BCUT2D eigenvalue weighted by atomic mass is 9.81. The molecule has 9 nitrogen and oxygen atoms in total. The minimum Gasteiger partial charge on any atom is -0.490 e. The van der Waals surface area contributed by atoms with Gasteiger partial charge in [-0.05, 0) is 86.0 Å². The first-order chi connectivity index (χ1) is 23.4. The van der Waals surface area contributed by atoms with Crippen LogP contribution in [0.25, 0.3) is 22.4 Å². The number of pyridine rings is 2. The standard InChI is InChI=1S/C34H27F7N4O5/c1-31(30(42)47)16-49-28-23(31)14-25(45-27(28)17-2-5-20(35)6-3-17)32(48,34(39,40)41)15-44-29(46)19-4-9-24(50-21-7-8-21)22(12-19)18-10-11-43-26(13-18)33(36,37)38/h2-6,9-14,21,48H,7-8,15-16H2,1H3,(H2,42,47)(H,44,46)/t31-,32?/m0/s1. The van der Waals surface area contributed by atoms with E-state index in [-0.39, 0.29) is 57.7 Å². The second-order valence-electron chi connectivity index (χ2n) is 12.2. The molecular weight excluding hydrogens is 677 g/mol. The third kappa shape index (κ3) is 6.42. The van der Waals surface area contributed by atoms with Gasteiger partial charge in [-0.15, -0.1) is 0 Å². The molecule has 2 aliphatic rings. The van der Waals surface area contributed by atoms with Crippen LogP contribution in [0.1, 0.15) is 47.1 Å². The van der Waals surface area contributed by atoms with Crippen LogP contribution >= 0.6 is 0 Å². The average Bonchev–Trinajstić information content (AvgIpc) is 3.82. The smallest absolute Gasteiger partial charge is 0.433 e. The Kier molecular flexibility index (Phi) is 8.49. The third-order valence-electron chi connectivity index (χ3n) is 8.55. The number of aliphatic hydroxyl groups is 1. The van der Waals surface area contributed by atoms with Gasteiger partial charge in [-0.25, -0.2) is 9.37 Å². The quantitative estimate of drug-likeness (QED) is 0.187. The summed E-state index contributed by atoms with van der Waals surface area (Å²) in [4.78, 5) is 33.2. The van der Waals surface area contributed by atoms with Gasteiger partial charge in [0.15, 0.2) is 0 Å². The number of benzene rings is 2. The summed E-state index contributed by atoms with van der Waals surface area (Å²) in [5.74, 6) is -2.67. The topological polar surface area (TPSA) is 137 Å². The largest absolute Gasteiger partial charge is 0.490 e. The molecule has 16 heteroatoms. The fourth-order valence-electron chi connectivity index (χ4n) is 5.37. The van der Waals surface area contributed by atoms with Crippen LogP contribution in [-0.2, 0) is 22.0 Å². The van der Waals surface area contributed by atoms with Gasteiger partial charge < -0.3 is 25.6 Å². The summed E-state index contributed by atoms with van der Waals surface area (Å²) >= 11 is 0. The van der Waals surface area contributed by atoms with Crippen LogP contribution in [0.3, 0.4) is 0 Å². The van der Waals surface area contributed by atoms with E-state index in [1.165, 1.54) is 37.3 Å². The monoisotopic (exact) mass is 704 g/mol. The minimum absolute atomic E-state index is 0.0141. The van der Waals surface area contributed by atoms with Crippen LogP contribution in [0.5, 0.6) is 11.5 Å². The molecule has 0 spiro atoms. The first-order valence-corrected chi connectivity index (χ1v) is 15.1. The van der Waals surface area contributed by atoms with Gasteiger partial charge in [-0.1, -0.05) is 0 Å². The van der Waals surface area contributed by atoms with Crippen molar-refractivity contribution in [3.05, 3.63) is 95.2 Å². The van der Waals surface area contributed by atoms with Crippen molar-refractivity contribution in [1.29, 1.82) is 0 Å². The molecule has 0 bridgehead atoms. The molecule has 2 aromatic heterocycles. The highest BCUT2D eigenvalue weighted by Gasteiger charge is 2.57. The molecule has 2 amide bonds. The van der Waals surface area contributed by atoms with Crippen LogP contribution < -0.4 is 20.5 Å². The van der Waals surface area contributed by atoms with E-state index in [0.717, 1.165) is 36.5 Å². The zero-order valence-corrected chi connectivity index (χ0v) is 26.0. The highest BCUT2D eigenvalue weighted by Crippen LogP contribution is 2.48. The maximum atomic E-state index is 14.8. The highest BCUT2D eigenvalue weighted by molar-refractivity contribution is 5.96. The van der Waals surface area contributed by atoms with Crippen molar-refractivity contribution in [2.24, 2.45) is 5.73 Å². The van der Waals surface area contributed by atoms with Crippen LogP contribution in [0, 0.1) is 5.82 Å². The number of nitrogens with one attached hydrogen (secondary N) is 1. The number of amides is 2. The van der Waals surface area contributed by atoms with Crippen molar-refractivity contribution in [2.45, 2.75) is 49.2 Å². The van der Waals surface area contributed by atoms with Crippen molar-refractivity contribution in [3.63, 3.8) is 0 Å². The Morgan fingerprint density at radius 3 is 2.32 bits per heavy atom. The number of rotatable bonds is 9. The summed E-state index contributed by atoms with van der Waals surface area (Å²) in [6.45, 7) is -0.507. The first-order valence-electron chi connectivity index (χ1n) is 15.1. The van der Waals surface area contributed by atoms with Gasteiger partial charge in [0.2, 0.25) is 11.5 Å². The summed E-state index contributed by atoms with van der Waals surface area (Å²) < 4.78 is 110. The van der Waals surface area contributed by atoms with Crippen LogP contribution in [0.4, 0.5) is 30.7 Å². The maximum Gasteiger partial charge on any atom is 0.433 e. The summed E-state index contributed by atoms with van der Waals surface area (Å²) in [7, 11) is 0. The SMILES string of the molecule is C[C@]1(C(N)=O)COc2c1cc(C(O)(CNC(=O)c1ccc(OC3CC3)c(-c3ccnc(C(F)(F)F)c3)c1)C(F)(F)F)nc2-c1ccc(F)cc1. The number of carbonyl (C=O) groups is 2. The van der Waals surface area contributed by atoms with E-state index in [1.54, 1.807) is 0 Å². The van der Waals surface area contributed by atoms with Crippen molar-refractivity contribution in [3.8, 4) is 33.9 Å². The number of nitrogens with two attached hydrogens (primary N) is 1. The molecule has 4 N–H and O–H groups in total. The van der Waals surface area contributed by atoms with E-state index in [9.17, 15) is 45.4 Å². The van der Waals surface area contributed by atoms with Gasteiger partial charge in [-0.3, -0.25) is 14.6 Å². The van der Waals surface area contributed by atoms with E-state index in [0.29, 0.717) is 12.8 Å². The molecule has 0 radical (unpaired) electrons. The Morgan fingerprint density at radius 2 is 1.70 bits per heavy atom. The molecule has 2 atom stereocenters. The van der Waals surface area contributed by atoms with Crippen molar-refractivity contribution >= 4 is 11.8 Å². The number of ether oxygens (including phenoxy) is 2. The van der Waals surface area contributed by atoms with Crippen molar-refractivity contribution in [1.82, 2.24) is 15.3 Å². The highest BCUT2D eigenvalue weighted by atomic mass is 19.4. The minimum atomic E-state index is -5.47. The normalized spacial score (nSPS) is 18.5. The Hall–Kier alpha value is -5.25. The Labute approximate surface area is 279 Å². The molecule has 1 unspecified atom stereocenters. The van der Waals surface area contributed by atoms with Gasteiger partial charge in [0, 0.05) is 28.5 Å². The summed E-state index contributed by atoms with van der Waals surface area (Å²) in [5, 5.41) is 13.4. The molecular formula is C34H27F7N4O5. The number of primary amides is 1. The lowest BCUT2D eigenvalue weighted by molar-refractivity contribution is -0.265. The summed E-state index contributed by atoms with van der Waals surface area (Å²) in [6, 6.07) is 11.0. The number of nitrogens with zero attached hydrogens (tertiary/aromatic N) is 2. The van der Waals surface area contributed by atoms with Crippen molar-refractivity contribution < 1.29 is 54.9 Å². The van der Waals surface area contributed by atoms with Crippen LogP contribution in [-0.4, -0.2) is 52.3 Å². The van der Waals surface area contributed by atoms with Crippen LogP contribution in [0.15, 0.2) is 66.9 Å². The van der Waals surface area contributed by atoms with Crippen LogP contribution in [0.2, 0.25) is 0 Å². The Bertz CT molecular complexity index is 1980. The molecule has 1 aliphatic heterocycles. The number of alkyl halides is 6. The van der Waals surface area contributed by atoms with E-state index in [1.807, 2.05) is 0 Å². The molecule has 0 saturated heterocycles. The second kappa shape index (κ2) is 12.3. The van der Waals surface area contributed by atoms with Gasteiger partial charge in [0.05, 0.1) is 18.3 Å². The zero-order chi connectivity index (χ0) is 36.2. The fraction of sp³-hybridized carbons (Fsp3) is 0.294. The van der Waals surface area contributed by atoms with E-state index < -0.39 is 58.9 Å². The zero-order valence-electron chi connectivity index (χ0n) is 26.0.